The van der Waals surface area contributed by atoms with Gasteiger partial charge in [-0.1, -0.05) is 0 Å². The third-order valence-corrected chi connectivity index (χ3v) is 3.76. The molecule has 0 heterocycles. The van der Waals surface area contributed by atoms with Crippen molar-refractivity contribution in [3.8, 4) is 0 Å². The predicted octanol–water partition coefficient (Wildman–Crippen LogP) is -4.54. The Labute approximate surface area is 166 Å². The van der Waals surface area contributed by atoms with E-state index in [2.05, 4.69) is 33.6 Å². The molecule has 0 aromatic carbocycles. The smallest absolute Gasteiger partial charge is 0.326 e. The Bertz CT molecular complexity index is 585. The lowest BCUT2D eigenvalue weighted by Crippen LogP contribution is -2.57. The second-order valence-corrected chi connectivity index (χ2v) is 5.96. The van der Waals surface area contributed by atoms with Crippen LogP contribution >= 0.6 is 12.6 Å². The maximum absolute atomic E-state index is 12.2. The van der Waals surface area contributed by atoms with Crippen molar-refractivity contribution in [3.05, 3.63) is 0 Å². The van der Waals surface area contributed by atoms with E-state index < -0.39 is 48.4 Å². The van der Waals surface area contributed by atoms with Crippen molar-refractivity contribution in [1.29, 1.82) is 0 Å². The van der Waals surface area contributed by atoms with Crippen LogP contribution in [0.3, 0.4) is 0 Å². The standard InChI is InChI=1S/C14H27N7O6S/c15-4-10(23)19-9(6-28)12(25)21-8(5-22)11(24)20-7(13(26)27)2-1-3-18-14(16)17/h7-9,22,28H,1-6,15H2,(H,19,23)(H,20,24)(H,21,25)(H,26,27)(H4,16,17,18). The summed E-state index contributed by atoms with van der Waals surface area (Å²) in [5, 5.41) is 25.3. The van der Waals surface area contributed by atoms with E-state index in [1.165, 1.54) is 0 Å². The molecule has 0 aromatic heterocycles. The SMILES string of the molecule is NCC(=O)NC(CS)C(=O)NC(CO)C(=O)NC(CCCN=C(N)N)C(=O)O. The van der Waals surface area contributed by atoms with Gasteiger partial charge in [0.15, 0.2) is 5.96 Å². The maximum Gasteiger partial charge on any atom is 0.326 e. The zero-order valence-corrected chi connectivity index (χ0v) is 16.0. The molecule has 0 saturated carbocycles. The van der Waals surface area contributed by atoms with Crippen molar-refractivity contribution in [3.63, 3.8) is 0 Å². The van der Waals surface area contributed by atoms with E-state index in [1.54, 1.807) is 0 Å². The summed E-state index contributed by atoms with van der Waals surface area (Å²) in [4.78, 5) is 50.6. The number of aliphatic hydroxyl groups excluding tert-OH is 1. The van der Waals surface area contributed by atoms with Crippen molar-refractivity contribution < 1.29 is 29.4 Å². The number of nitrogens with one attached hydrogen (secondary N) is 3. The fraction of sp³-hybridized carbons (Fsp3) is 0.643. The summed E-state index contributed by atoms with van der Waals surface area (Å²) < 4.78 is 0. The number of hydrogen-bond donors (Lipinski definition) is 9. The average Bonchev–Trinajstić information content (AvgIpc) is 2.65. The minimum absolute atomic E-state index is 0.0236. The lowest BCUT2D eigenvalue weighted by atomic mass is 10.1. The molecule has 28 heavy (non-hydrogen) atoms. The van der Waals surface area contributed by atoms with Crippen molar-refractivity contribution >= 4 is 42.3 Å². The van der Waals surface area contributed by atoms with Gasteiger partial charge in [0.05, 0.1) is 13.2 Å². The third kappa shape index (κ3) is 9.94. The van der Waals surface area contributed by atoms with Crippen LogP contribution in [-0.4, -0.2) is 83.4 Å². The van der Waals surface area contributed by atoms with Crippen molar-refractivity contribution in [2.45, 2.75) is 31.0 Å². The summed E-state index contributed by atoms with van der Waals surface area (Å²) in [5.41, 5.74) is 15.5. The van der Waals surface area contributed by atoms with Crippen LogP contribution in [0.4, 0.5) is 0 Å². The topological polar surface area (TPSA) is 235 Å². The minimum atomic E-state index is -1.43. The molecule has 0 rings (SSSR count). The number of carbonyl (C=O) groups excluding carboxylic acids is 3. The van der Waals surface area contributed by atoms with Crippen LogP contribution in [0, 0.1) is 0 Å². The molecule has 0 aliphatic rings. The molecule has 0 spiro atoms. The summed E-state index contributed by atoms with van der Waals surface area (Å²) in [5.74, 6) is -3.83. The monoisotopic (exact) mass is 421 g/mol. The molecule has 3 amide bonds. The maximum atomic E-state index is 12.2. The van der Waals surface area contributed by atoms with Crippen molar-refractivity contribution in [1.82, 2.24) is 16.0 Å². The lowest BCUT2D eigenvalue weighted by Gasteiger charge is -2.22. The molecule has 0 fully saturated rings. The molecule has 0 radical (unpaired) electrons. The highest BCUT2D eigenvalue weighted by atomic mass is 32.1. The molecule has 13 nitrogen and oxygen atoms in total. The number of rotatable bonds is 13. The van der Waals surface area contributed by atoms with Gasteiger partial charge in [-0.3, -0.25) is 19.4 Å². The van der Waals surface area contributed by atoms with Crippen LogP contribution in [0.15, 0.2) is 4.99 Å². The van der Waals surface area contributed by atoms with Gasteiger partial charge in [-0.25, -0.2) is 4.79 Å². The number of carboxylic acids is 1. The van der Waals surface area contributed by atoms with E-state index >= 15 is 0 Å². The first-order valence-electron chi connectivity index (χ1n) is 8.26. The Morgan fingerprint density at radius 1 is 1.00 bits per heavy atom. The first-order chi connectivity index (χ1) is 13.2. The summed E-state index contributed by atoms with van der Waals surface area (Å²) >= 11 is 3.93. The van der Waals surface area contributed by atoms with E-state index in [1.807, 2.05) is 0 Å². The lowest BCUT2D eigenvalue weighted by molar-refractivity contribution is -0.142. The summed E-state index contributed by atoms with van der Waals surface area (Å²) in [7, 11) is 0. The molecular formula is C14H27N7O6S. The zero-order chi connectivity index (χ0) is 21.7. The molecule has 0 saturated heterocycles. The van der Waals surface area contributed by atoms with Crippen LogP contribution in [0.5, 0.6) is 0 Å². The van der Waals surface area contributed by atoms with Crippen molar-refractivity contribution in [2.24, 2.45) is 22.2 Å². The van der Waals surface area contributed by atoms with Gasteiger partial charge in [-0.2, -0.15) is 12.6 Å². The van der Waals surface area contributed by atoms with Crippen molar-refractivity contribution in [2.75, 3.05) is 25.4 Å². The molecule has 11 N–H and O–H groups in total. The summed E-state index contributed by atoms with van der Waals surface area (Å²) in [6.45, 7) is -0.962. The number of aliphatic imine (C=N–C) groups is 1. The number of carbonyl (C=O) groups is 4. The number of amides is 3. The van der Waals surface area contributed by atoms with E-state index in [-0.39, 0.29) is 37.6 Å². The molecule has 3 unspecified atom stereocenters. The van der Waals surface area contributed by atoms with Gasteiger partial charge < -0.3 is 43.4 Å². The van der Waals surface area contributed by atoms with E-state index in [9.17, 15) is 29.4 Å². The second-order valence-electron chi connectivity index (χ2n) is 5.60. The Balaban J connectivity index is 4.84. The molecule has 14 heteroatoms. The molecule has 0 aliphatic carbocycles. The predicted molar refractivity (Wildman–Crippen MR) is 103 cm³/mol. The fourth-order valence-electron chi connectivity index (χ4n) is 1.95. The molecule has 160 valence electrons. The van der Waals surface area contributed by atoms with Gasteiger partial charge in [0.2, 0.25) is 17.7 Å². The number of carboxylic acid groups (broad SMARTS) is 1. The Hall–Kier alpha value is -2.58. The van der Waals surface area contributed by atoms with Crippen LogP contribution in [0.1, 0.15) is 12.8 Å². The number of aliphatic carboxylic acids is 1. The normalized spacial score (nSPS) is 13.5. The van der Waals surface area contributed by atoms with Crippen LogP contribution in [-0.2, 0) is 19.2 Å². The number of nitrogens with zero attached hydrogens (tertiary/aromatic N) is 1. The van der Waals surface area contributed by atoms with E-state index in [0.717, 1.165) is 0 Å². The van der Waals surface area contributed by atoms with Crippen LogP contribution < -0.4 is 33.2 Å². The van der Waals surface area contributed by atoms with E-state index in [0.29, 0.717) is 0 Å². The second kappa shape index (κ2) is 13.6. The molecule has 0 aliphatic heterocycles. The van der Waals surface area contributed by atoms with Gasteiger partial charge in [0.1, 0.15) is 18.1 Å². The van der Waals surface area contributed by atoms with Crippen LogP contribution in [0.25, 0.3) is 0 Å². The Morgan fingerprint density at radius 2 is 1.57 bits per heavy atom. The minimum Gasteiger partial charge on any atom is -0.480 e. The zero-order valence-electron chi connectivity index (χ0n) is 15.1. The first kappa shape index (κ1) is 25.4. The first-order valence-corrected chi connectivity index (χ1v) is 8.89. The fourth-order valence-corrected chi connectivity index (χ4v) is 2.20. The number of thiol groups is 1. The highest BCUT2D eigenvalue weighted by Crippen LogP contribution is 2.00. The summed E-state index contributed by atoms with van der Waals surface area (Å²) in [6.07, 6.45) is 0.300. The number of aliphatic hydroxyl groups is 1. The summed E-state index contributed by atoms with van der Waals surface area (Å²) in [6, 6.07) is -3.79. The van der Waals surface area contributed by atoms with Gasteiger partial charge >= 0.3 is 5.97 Å². The van der Waals surface area contributed by atoms with Gasteiger partial charge in [0, 0.05) is 12.3 Å². The quantitative estimate of drug-likeness (QED) is 0.0601. The highest BCUT2D eigenvalue weighted by molar-refractivity contribution is 7.80. The third-order valence-electron chi connectivity index (χ3n) is 3.40. The molecule has 3 atom stereocenters. The number of guanidine groups is 1. The van der Waals surface area contributed by atoms with Gasteiger partial charge in [-0.15, -0.1) is 0 Å². The number of nitrogens with two attached hydrogens (primary N) is 3. The Morgan fingerprint density at radius 3 is 2.04 bits per heavy atom. The van der Waals surface area contributed by atoms with Gasteiger partial charge in [-0.05, 0) is 12.8 Å². The van der Waals surface area contributed by atoms with Crippen LogP contribution in [0.2, 0.25) is 0 Å². The largest absolute Gasteiger partial charge is 0.480 e. The van der Waals surface area contributed by atoms with Gasteiger partial charge in [0.25, 0.3) is 0 Å². The molecule has 0 bridgehead atoms. The highest BCUT2D eigenvalue weighted by Gasteiger charge is 2.28. The molecular weight excluding hydrogens is 394 g/mol. The van der Waals surface area contributed by atoms with E-state index in [4.69, 9.17) is 17.2 Å². The Kier molecular flexibility index (Phi) is 12.3. The number of hydrogen-bond acceptors (Lipinski definition) is 8. The molecule has 0 aromatic rings. The average molecular weight is 421 g/mol.